The number of amides is 1. The summed E-state index contributed by atoms with van der Waals surface area (Å²) in [7, 11) is 0. The second-order valence-electron chi connectivity index (χ2n) is 7.41. The number of anilines is 1. The van der Waals surface area contributed by atoms with E-state index in [2.05, 4.69) is 25.8 Å². The first kappa shape index (κ1) is 20.8. The highest BCUT2D eigenvalue weighted by molar-refractivity contribution is 7.98. The molecule has 8 heteroatoms. The normalized spacial score (nSPS) is 10.9. The number of carbonyl (C=O) groups is 1. The molecule has 0 bridgehead atoms. The summed E-state index contributed by atoms with van der Waals surface area (Å²) in [5, 5.41) is 16.1. The van der Waals surface area contributed by atoms with Crippen LogP contribution >= 0.6 is 11.8 Å². The summed E-state index contributed by atoms with van der Waals surface area (Å²) in [5.41, 5.74) is 4.17. The summed E-state index contributed by atoms with van der Waals surface area (Å²) in [6, 6.07) is 25.0. The number of pyridine rings is 1. The predicted molar refractivity (Wildman–Crippen MR) is 130 cm³/mol. The number of aryl methyl sites for hydroxylation is 1. The molecule has 0 spiro atoms. The van der Waals surface area contributed by atoms with Gasteiger partial charge in [0.05, 0.1) is 28.2 Å². The molecule has 0 aliphatic rings. The number of fused-ring (bicyclic) bond motifs is 1. The number of aromatic nitrogens is 5. The highest BCUT2D eigenvalue weighted by Crippen LogP contribution is 2.29. The van der Waals surface area contributed by atoms with E-state index < -0.39 is 0 Å². The number of benzene rings is 3. The molecule has 2 aromatic heterocycles. The van der Waals surface area contributed by atoms with Crippen molar-refractivity contribution in [3.8, 4) is 5.69 Å². The second kappa shape index (κ2) is 9.22. The average molecular weight is 453 g/mol. The van der Waals surface area contributed by atoms with Gasteiger partial charge in [0.1, 0.15) is 0 Å². The number of tetrazole rings is 1. The fraction of sp³-hybridized carbons (Fsp3) is 0.0800. The fourth-order valence-corrected chi connectivity index (χ4v) is 4.56. The molecule has 33 heavy (non-hydrogen) atoms. The van der Waals surface area contributed by atoms with Crippen LogP contribution in [0.1, 0.15) is 21.7 Å². The van der Waals surface area contributed by atoms with Crippen molar-refractivity contribution in [1.29, 1.82) is 0 Å². The maximum Gasteiger partial charge on any atom is 0.256 e. The Morgan fingerprint density at radius 1 is 0.970 bits per heavy atom. The van der Waals surface area contributed by atoms with Crippen molar-refractivity contribution in [2.45, 2.75) is 17.6 Å². The van der Waals surface area contributed by atoms with Crippen molar-refractivity contribution >= 4 is 34.3 Å². The van der Waals surface area contributed by atoms with Crippen molar-refractivity contribution < 1.29 is 4.79 Å². The van der Waals surface area contributed by atoms with Gasteiger partial charge in [-0.1, -0.05) is 36.4 Å². The lowest BCUT2D eigenvalue weighted by Gasteiger charge is -2.12. The van der Waals surface area contributed by atoms with Gasteiger partial charge in [-0.05, 0) is 65.4 Å². The van der Waals surface area contributed by atoms with Gasteiger partial charge in [-0.2, -0.15) is 4.68 Å². The van der Waals surface area contributed by atoms with E-state index >= 15 is 0 Å². The lowest BCUT2D eigenvalue weighted by atomic mass is 10.1. The largest absolute Gasteiger partial charge is 0.321 e. The van der Waals surface area contributed by atoms with Gasteiger partial charge in [0.2, 0.25) is 0 Å². The number of rotatable bonds is 6. The molecular weight excluding hydrogens is 432 g/mol. The van der Waals surface area contributed by atoms with Crippen molar-refractivity contribution in [3.05, 3.63) is 102 Å². The number of nitrogens with one attached hydrogen (secondary N) is 1. The number of hydrogen-bond donors (Lipinski definition) is 1. The van der Waals surface area contributed by atoms with Gasteiger partial charge in [0.25, 0.3) is 5.91 Å². The first-order valence-corrected chi connectivity index (χ1v) is 11.4. The monoisotopic (exact) mass is 452 g/mol. The highest BCUT2D eigenvalue weighted by Gasteiger charge is 2.15. The van der Waals surface area contributed by atoms with Crippen LogP contribution in [0.3, 0.4) is 0 Å². The van der Waals surface area contributed by atoms with Crippen molar-refractivity contribution in [2.75, 3.05) is 5.32 Å². The van der Waals surface area contributed by atoms with Crippen molar-refractivity contribution in [2.24, 2.45) is 0 Å². The van der Waals surface area contributed by atoms with Crippen LogP contribution in [-0.4, -0.2) is 31.1 Å². The zero-order valence-corrected chi connectivity index (χ0v) is 18.7. The van der Waals surface area contributed by atoms with Crippen LogP contribution < -0.4 is 5.32 Å². The van der Waals surface area contributed by atoms with Crippen LogP contribution in [0.15, 0.2) is 90.0 Å². The Hall–Kier alpha value is -4.04. The van der Waals surface area contributed by atoms with Gasteiger partial charge in [0.15, 0.2) is 5.82 Å². The first-order chi connectivity index (χ1) is 16.2. The molecule has 0 aliphatic carbocycles. The smallest absolute Gasteiger partial charge is 0.256 e. The van der Waals surface area contributed by atoms with Crippen LogP contribution in [0, 0.1) is 6.92 Å². The molecule has 0 atom stereocenters. The molecule has 0 saturated heterocycles. The van der Waals surface area contributed by atoms with Gasteiger partial charge in [-0.25, -0.2) is 0 Å². The van der Waals surface area contributed by atoms with E-state index in [0.717, 1.165) is 32.7 Å². The molecule has 1 amide bonds. The topological polar surface area (TPSA) is 85.6 Å². The molecule has 1 N–H and O–H groups in total. The van der Waals surface area contributed by atoms with Gasteiger partial charge < -0.3 is 5.32 Å². The van der Waals surface area contributed by atoms with Crippen molar-refractivity contribution in [3.63, 3.8) is 0 Å². The minimum Gasteiger partial charge on any atom is -0.321 e. The fourth-order valence-electron chi connectivity index (χ4n) is 3.60. The number of nitrogens with zero attached hydrogens (tertiary/aromatic N) is 5. The van der Waals surface area contributed by atoms with Crippen LogP contribution in [0.25, 0.3) is 16.6 Å². The zero-order chi connectivity index (χ0) is 22.6. The summed E-state index contributed by atoms with van der Waals surface area (Å²) in [6.07, 6.45) is 1.76. The summed E-state index contributed by atoms with van der Waals surface area (Å²) in [4.78, 5) is 18.5. The van der Waals surface area contributed by atoms with Crippen LogP contribution in [-0.2, 0) is 5.75 Å². The number of para-hydroxylation sites is 1. The van der Waals surface area contributed by atoms with Crippen molar-refractivity contribution in [1.82, 2.24) is 25.2 Å². The third kappa shape index (κ3) is 4.33. The Morgan fingerprint density at radius 2 is 1.79 bits per heavy atom. The van der Waals surface area contributed by atoms with Crippen LogP contribution in [0.5, 0.6) is 0 Å². The zero-order valence-electron chi connectivity index (χ0n) is 17.8. The second-order valence-corrected chi connectivity index (χ2v) is 8.43. The van der Waals surface area contributed by atoms with Crippen LogP contribution in [0.2, 0.25) is 0 Å². The molecule has 0 fully saturated rings. The Kier molecular flexibility index (Phi) is 5.82. The first-order valence-electron chi connectivity index (χ1n) is 10.4. The molecule has 0 unspecified atom stereocenters. The molecule has 0 aliphatic heterocycles. The number of thioether (sulfide) groups is 1. The van der Waals surface area contributed by atoms with E-state index in [0.29, 0.717) is 17.1 Å². The maximum atomic E-state index is 13.2. The molecule has 7 nitrogen and oxygen atoms in total. The Balaban J connectivity index is 1.38. The van der Waals surface area contributed by atoms with Gasteiger partial charge in [-0.3, -0.25) is 9.78 Å². The number of hydrogen-bond acceptors (Lipinski definition) is 6. The maximum absolute atomic E-state index is 13.2. The minimum absolute atomic E-state index is 0.172. The van der Waals surface area contributed by atoms with E-state index in [1.807, 2.05) is 85.8 Å². The molecular formula is C25H20N6OS. The predicted octanol–water partition coefficient (Wildman–Crippen LogP) is 5.06. The lowest BCUT2D eigenvalue weighted by molar-refractivity contribution is 0.102. The Labute approximate surface area is 194 Å². The van der Waals surface area contributed by atoms with E-state index in [4.69, 9.17) is 0 Å². The quantitative estimate of drug-likeness (QED) is 0.362. The third-order valence-corrected chi connectivity index (χ3v) is 6.31. The van der Waals surface area contributed by atoms with Gasteiger partial charge in [0, 0.05) is 16.5 Å². The van der Waals surface area contributed by atoms with E-state index in [1.165, 1.54) is 11.8 Å². The van der Waals surface area contributed by atoms with Gasteiger partial charge in [-0.15, -0.1) is 16.9 Å². The van der Waals surface area contributed by atoms with Gasteiger partial charge >= 0.3 is 0 Å². The lowest BCUT2D eigenvalue weighted by Crippen LogP contribution is -2.13. The molecule has 5 aromatic rings. The average Bonchev–Trinajstić information content (AvgIpc) is 3.34. The molecule has 2 heterocycles. The molecule has 162 valence electrons. The van der Waals surface area contributed by atoms with E-state index in [-0.39, 0.29) is 5.91 Å². The summed E-state index contributed by atoms with van der Waals surface area (Å²) < 4.78 is 1.71. The third-order valence-electron chi connectivity index (χ3n) is 5.24. The SMILES string of the molecule is Cc1ccc(NC(=O)c2ccccc2SCc2nnnn2-c2ccccc2)c2cccnc12. The summed E-state index contributed by atoms with van der Waals surface area (Å²) in [5.74, 6) is 1.05. The summed E-state index contributed by atoms with van der Waals surface area (Å²) >= 11 is 1.52. The summed E-state index contributed by atoms with van der Waals surface area (Å²) in [6.45, 7) is 2.01. The van der Waals surface area contributed by atoms with E-state index in [9.17, 15) is 4.79 Å². The molecule has 0 radical (unpaired) electrons. The molecule has 0 saturated carbocycles. The number of carbonyl (C=O) groups excluding carboxylic acids is 1. The Bertz CT molecular complexity index is 1430. The van der Waals surface area contributed by atoms with E-state index in [1.54, 1.807) is 10.9 Å². The Morgan fingerprint density at radius 3 is 2.67 bits per heavy atom. The highest BCUT2D eigenvalue weighted by atomic mass is 32.2. The molecule has 3 aromatic carbocycles. The minimum atomic E-state index is -0.172. The molecule has 5 rings (SSSR count). The standard InChI is InChI=1S/C25H20N6OS/c1-17-13-14-21(19-11-7-15-26-24(17)19)27-25(32)20-10-5-6-12-22(20)33-16-23-28-29-30-31(23)18-8-3-2-4-9-18/h2-15H,16H2,1H3,(H,27,32). The van der Waals surface area contributed by atoms with Crippen LogP contribution in [0.4, 0.5) is 5.69 Å².